The van der Waals surface area contributed by atoms with Gasteiger partial charge in [0.1, 0.15) is 24.1 Å². The van der Waals surface area contributed by atoms with Crippen LogP contribution in [0.2, 0.25) is 5.02 Å². The Balaban J connectivity index is 1.31. The van der Waals surface area contributed by atoms with Crippen LogP contribution in [-0.2, 0) is 12.7 Å². The number of ether oxygens (including phenoxy) is 1. The Bertz CT molecular complexity index is 2440. The minimum atomic E-state index is -4.80. The number of hydrogen-bond acceptors (Lipinski definition) is 9. The van der Waals surface area contributed by atoms with Crippen LogP contribution in [-0.4, -0.2) is 75.0 Å². The monoisotopic (exact) mass is 721 g/mol. The number of aryl methyl sites for hydroxylation is 1. The number of rotatable bonds is 7. The number of likely N-dealkylation sites (N-methyl/N-ethyl adjacent to an activating group) is 1. The molecule has 256 valence electrons. The van der Waals surface area contributed by atoms with Gasteiger partial charge in [0.15, 0.2) is 0 Å². The van der Waals surface area contributed by atoms with Gasteiger partial charge in [0.25, 0.3) is 5.56 Å². The number of nitrogens with zero attached hydrogens (tertiary/aromatic N) is 7. The third-order valence-electron chi connectivity index (χ3n) is 8.79. The summed E-state index contributed by atoms with van der Waals surface area (Å²) < 4.78 is 53.1. The molecule has 7 rings (SSSR count). The van der Waals surface area contributed by atoms with E-state index in [2.05, 4.69) is 10.1 Å². The summed E-state index contributed by atoms with van der Waals surface area (Å²) in [7, 11) is 1.87. The standard InChI is InChI=1S/C34H27ClF3N7O4S/c1-18-13-21(31-29(41-18)23(17-50-31)33(47)48)20-14-19(35)3-4-26(20)49-12-11-44-27-5-6-40-45(27)25-15-24(34(36,37)38)30(22(16-39)28(25)32(44)46)43-9-7-42(2)8-10-43/h3-6,13-15,17H,7-12H2,1-2H3,(H,47,48). The van der Waals surface area contributed by atoms with Crippen molar-refractivity contribution in [1.29, 1.82) is 5.26 Å². The summed E-state index contributed by atoms with van der Waals surface area (Å²) in [6, 6.07) is 11.2. The molecule has 0 radical (unpaired) electrons. The molecule has 2 aromatic carbocycles. The molecule has 0 saturated carbocycles. The first-order chi connectivity index (χ1) is 23.9. The number of alkyl halides is 3. The Morgan fingerprint density at radius 3 is 2.60 bits per heavy atom. The number of benzene rings is 2. The van der Waals surface area contributed by atoms with Crippen LogP contribution < -0.4 is 15.2 Å². The second-order valence-electron chi connectivity index (χ2n) is 11.9. The van der Waals surface area contributed by atoms with Crippen LogP contribution in [0.3, 0.4) is 0 Å². The summed E-state index contributed by atoms with van der Waals surface area (Å²) in [6.45, 7) is 3.13. The molecule has 1 fully saturated rings. The number of aromatic carboxylic acids is 1. The third kappa shape index (κ3) is 5.68. The number of pyridine rings is 1. The van der Waals surface area contributed by atoms with Crippen LogP contribution in [0.4, 0.5) is 18.9 Å². The Labute approximate surface area is 290 Å². The highest BCUT2D eigenvalue weighted by Gasteiger charge is 2.39. The highest BCUT2D eigenvalue weighted by Crippen LogP contribution is 2.43. The van der Waals surface area contributed by atoms with Crippen molar-refractivity contribution in [2.24, 2.45) is 0 Å². The Morgan fingerprint density at radius 1 is 1.14 bits per heavy atom. The van der Waals surface area contributed by atoms with E-state index in [4.69, 9.17) is 16.3 Å². The Morgan fingerprint density at radius 2 is 1.90 bits per heavy atom. The number of nitriles is 1. The maximum absolute atomic E-state index is 14.6. The smallest absolute Gasteiger partial charge is 0.418 e. The lowest BCUT2D eigenvalue weighted by Gasteiger charge is -2.36. The Kier molecular flexibility index (Phi) is 8.41. The fraction of sp³-hybridized carbons (Fsp3) is 0.265. The maximum atomic E-state index is 14.6. The number of hydrogen-bond donors (Lipinski definition) is 1. The lowest BCUT2D eigenvalue weighted by atomic mass is 10.00. The van der Waals surface area contributed by atoms with Crippen LogP contribution in [0.5, 0.6) is 5.75 Å². The van der Waals surface area contributed by atoms with Gasteiger partial charge >= 0.3 is 12.1 Å². The molecule has 0 bridgehead atoms. The summed E-state index contributed by atoms with van der Waals surface area (Å²) in [6.07, 6.45) is -3.42. The zero-order valence-electron chi connectivity index (χ0n) is 26.6. The fourth-order valence-electron chi connectivity index (χ4n) is 6.44. The topological polar surface area (TPSA) is 129 Å². The van der Waals surface area contributed by atoms with Gasteiger partial charge in [-0.3, -0.25) is 14.3 Å². The van der Waals surface area contributed by atoms with Gasteiger partial charge in [-0.15, -0.1) is 11.3 Å². The minimum Gasteiger partial charge on any atom is -0.491 e. The molecule has 50 heavy (non-hydrogen) atoms. The number of aromatic nitrogens is 4. The first kappa shape index (κ1) is 33.3. The first-order valence-corrected chi connectivity index (χ1v) is 16.7. The van der Waals surface area contributed by atoms with E-state index in [1.807, 2.05) is 24.1 Å². The molecule has 1 saturated heterocycles. The largest absolute Gasteiger partial charge is 0.491 e. The quantitative estimate of drug-likeness (QED) is 0.202. The normalized spacial score (nSPS) is 14.1. The number of fused-ring (bicyclic) bond motifs is 4. The van der Waals surface area contributed by atoms with E-state index in [9.17, 15) is 33.1 Å². The summed E-state index contributed by atoms with van der Waals surface area (Å²) in [4.78, 5) is 34.0. The Hall–Kier alpha value is -5.17. The minimum absolute atomic E-state index is 0.0469. The molecule has 0 spiro atoms. The molecule has 0 amide bonds. The van der Waals surface area contributed by atoms with Gasteiger partial charge in [-0.2, -0.15) is 23.5 Å². The predicted molar refractivity (Wildman–Crippen MR) is 184 cm³/mol. The highest BCUT2D eigenvalue weighted by atomic mass is 35.5. The van der Waals surface area contributed by atoms with Crippen LogP contribution >= 0.6 is 22.9 Å². The summed E-state index contributed by atoms with van der Waals surface area (Å²) in [5, 5.41) is 26.0. The van der Waals surface area contributed by atoms with E-state index in [0.29, 0.717) is 50.9 Å². The second-order valence-corrected chi connectivity index (χ2v) is 13.2. The SMILES string of the molecule is Cc1cc(-c2cc(Cl)ccc2OCCn2c(=O)c3c(C#N)c(N4CCN(C)CC4)c(C(F)(F)F)cc3n3nccc23)c2scc(C(=O)O)c2n1. The van der Waals surface area contributed by atoms with Crippen molar-refractivity contribution < 1.29 is 27.8 Å². The van der Waals surface area contributed by atoms with Gasteiger partial charge in [0, 0.05) is 59.5 Å². The van der Waals surface area contributed by atoms with Crippen LogP contribution in [0.15, 0.2) is 52.8 Å². The van der Waals surface area contributed by atoms with Crippen molar-refractivity contribution in [2.75, 3.05) is 44.7 Å². The molecule has 0 aliphatic carbocycles. The average molecular weight is 722 g/mol. The van der Waals surface area contributed by atoms with Crippen molar-refractivity contribution in [3.8, 4) is 22.9 Å². The molecule has 6 aromatic rings. The zero-order valence-corrected chi connectivity index (χ0v) is 28.2. The molecule has 0 unspecified atom stereocenters. The molecule has 0 atom stereocenters. The fourth-order valence-corrected chi connectivity index (χ4v) is 7.62. The lowest BCUT2D eigenvalue weighted by molar-refractivity contribution is -0.137. The number of carbonyl (C=O) groups is 1. The van der Waals surface area contributed by atoms with Gasteiger partial charge in [0.2, 0.25) is 0 Å². The highest BCUT2D eigenvalue weighted by molar-refractivity contribution is 7.18. The molecule has 16 heteroatoms. The molecule has 1 aliphatic heterocycles. The van der Waals surface area contributed by atoms with Crippen LogP contribution in [0.25, 0.3) is 37.9 Å². The van der Waals surface area contributed by atoms with Gasteiger partial charge in [-0.25, -0.2) is 9.31 Å². The second kappa shape index (κ2) is 12.6. The predicted octanol–water partition coefficient (Wildman–Crippen LogP) is 6.31. The first-order valence-electron chi connectivity index (χ1n) is 15.4. The van der Waals surface area contributed by atoms with Crippen molar-refractivity contribution >= 4 is 61.4 Å². The molecule has 1 N–H and O–H groups in total. The molecule has 11 nitrogen and oxygen atoms in total. The summed E-state index contributed by atoms with van der Waals surface area (Å²) >= 11 is 7.63. The van der Waals surface area contributed by atoms with Crippen molar-refractivity contribution in [2.45, 2.75) is 19.6 Å². The van der Waals surface area contributed by atoms with Gasteiger partial charge in [-0.05, 0) is 44.3 Å². The molecular weight excluding hydrogens is 695 g/mol. The van der Waals surface area contributed by atoms with E-state index >= 15 is 0 Å². The van der Waals surface area contributed by atoms with Crippen molar-refractivity contribution in [3.63, 3.8) is 0 Å². The van der Waals surface area contributed by atoms with Crippen LogP contribution in [0.1, 0.15) is 27.2 Å². The molecule has 4 aromatic heterocycles. The van der Waals surface area contributed by atoms with E-state index in [0.717, 1.165) is 6.07 Å². The van der Waals surface area contributed by atoms with E-state index in [-0.39, 0.29) is 59.6 Å². The zero-order chi connectivity index (χ0) is 35.5. The van der Waals surface area contributed by atoms with Crippen molar-refractivity contribution in [3.05, 3.63) is 85.7 Å². The number of anilines is 1. The average Bonchev–Trinajstić information content (AvgIpc) is 3.73. The lowest BCUT2D eigenvalue weighted by Crippen LogP contribution is -2.45. The molecule has 1 aliphatic rings. The number of piperazine rings is 1. The van der Waals surface area contributed by atoms with E-state index < -0.39 is 23.3 Å². The maximum Gasteiger partial charge on any atom is 0.418 e. The summed E-state index contributed by atoms with van der Waals surface area (Å²) in [5.41, 5.74) is 0.0297. The van der Waals surface area contributed by atoms with Crippen molar-refractivity contribution in [1.82, 2.24) is 24.1 Å². The number of halogens is 4. The van der Waals surface area contributed by atoms with Gasteiger partial charge in [0.05, 0.1) is 56.2 Å². The third-order valence-corrected chi connectivity index (χ3v) is 10.0. The summed E-state index contributed by atoms with van der Waals surface area (Å²) in [5.74, 6) is -0.699. The number of thiophene rings is 1. The number of carboxylic acid groups (broad SMARTS) is 1. The molecule has 5 heterocycles. The van der Waals surface area contributed by atoms with E-state index in [1.165, 1.54) is 43.0 Å². The van der Waals surface area contributed by atoms with Gasteiger partial charge < -0.3 is 19.6 Å². The van der Waals surface area contributed by atoms with Crippen LogP contribution in [0, 0.1) is 18.3 Å². The van der Waals surface area contributed by atoms with E-state index in [1.54, 1.807) is 25.1 Å². The number of carboxylic acids is 1. The van der Waals surface area contributed by atoms with Gasteiger partial charge in [-0.1, -0.05) is 11.6 Å². The molecular formula is C34H27ClF3N7O4S.